The number of nitrogens with two attached hydrogens (primary N) is 1. The summed E-state index contributed by atoms with van der Waals surface area (Å²) in [6.45, 7) is 4.97. The van der Waals surface area contributed by atoms with E-state index in [-0.39, 0.29) is 24.9 Å². The first-order valence-electron chi connectivity index (χ1n) is 5.79. The van der Waals surface area contributed by atoms with Gasteiger partial charge in [-0.2, -0.15) is 0 Å². The number of nitrogens with one attached hydrogen (secondary N) is 2. The van der Waals surface area contributed by atoms with Gasteiger partial charge in [-0.25, -0.2) is 0 Å². The summed E-state index contributed by atoms with van der Waals surface area (Å²) < 4.78 is 0. The predicted octanol–water partition coefficient (Wildman–Crippen LogP) is 0.00380. The van der Waals surface area contributed by atoms with Crippen molar-refractivity contribution in [2.75, 3.05) is 19.6 Å². The summed E-state index contributed by atoms with van der Waals surface area (Å²) in [5, 5.41) is 5.16. The van der Waals surface area contributed by atoms with Crippen molar-refractivity contribution in [1.29, 1.82) is 0 Å². The molecular formula is C11H23N3O2. The van der Waals surface area contributed by atoms with E-state index in [9.17, 15) is 9.59 Å². The average molecular weight is 229 g/mol. The molecule has 0 rings (SSSR count). The van der Waals surface area contributed by atoms with Crippen LogP contribution in [-0.2, 0) is 9.59 Å². The van der Waals surface area contributed by atoms with Crippen LogP contribution in [-0.4, -0.2) is 31.4 Å². The minimum absolute atomic E-state index is 0.0141. The summed E-state index contributed by atoms with van der Waals surface area (Å²) in [5.41, 5.74) is 5.08. The minimum Gasteiger partial charge on any atom is -0.355 e. The maximum absolute atomic E-state index is 11.2. The first-order chi connectivity index (χ1) is 7.56. The van der Waals surface area contributed by atoms with Gasteiger partial charge < -0.3 is 16.4 Å². The smallest absolute Gasteiger partial charge is 0.239 e. The van der Waals surface area contributed by atoms with Gasteiger partial charge in [0, 0.05) is 6.54 Å². The van der Waals surface area contributed by atoms with Gasteiger partial charge in [0.05, 0.1) is 13.1 Å². The lowest BCUT2D eigenvalue weighted by molar-refractivity contribution is -0.125. The molecule has 0 aliphatic heterocycles. The van der Waals surface area contributed by atoms with Crippen LogP contribution in [0, 0.1) is 5.92 Å². The van der Waals surface area contributed by atoms with Crippen molar-refractivity contribution in [3.8, 4) is 0 Å². The number of carbonyl (C=O) groups excluding carboxylic acids is 2. The van der Waals surface area contributed by atoms with Crippen molar-refractivity contribution in [3.63, 3.8) is 0 Å². The lowest BCUT2D eigenvalue weighted by atomic mass is 10.1. The van der Waals surface area contributed by atoms with E-state index < -0.39 is 0 Å². The monoisotopic (exact) mass is 229 g/mol. The fourth-order valence-corrected chi connectivity index (χ4v) is 1.22. The highest BCUT2D eigenvalue weighted by Gasteiger charge is 2.02. The third kappa shape index (κ3) is 9.45. The van der Waals surface area contributed by atoms with Crippen LogP contribution in [0.15, 0.2) is 0 Å². The average Bonchev–Trinajstić information content (AvgIpc) is 2.24. The molecule has 5 nitrogen and oxygen atoms in total. The Hall–Kier alpha value is -1.10. The molecule has 0 atom stereocenters. The second kappa shape index (κ2) is 9.15. The topological polar surface area (TPSA) is 84.2 Å². The Kier molecular flexibility index (Phi) is 8.52. The molecule has 16 heavy (non-hydrogen) atoms. The molecular weight excluding hydrogens is 206 g/mol. The molecule has 0 aliphatic carbocycles. The summed E-state index contributed by atoms with van der Waals surface area (Å²) in [6.07, 6.45) is 3.28. The zero-order valence-electron chi connectivity index (χ0n) is 10.2. The molecule has 0 radical (unpaired) electrons. The van der Waals surface area contributed by atoms with E-state index in [0.717, 1.165) is 12.8 Å². The lowest BCUT2D eigenvalue weighted by Gasteiger charge is -2.07. The van der Waals surface area contributed by atoms with E-state index in [2.05, 4.69) is 24.5 Å². The van der Waals surface area contributed by atoms with Crippen LogP contribution in [0.2, 0.25) is 0 Å². The van der Waals surface area contributed by atoms with Crippen molar-refractivity contribution in [1.82, 2.24) is 10.6 Å². The number of hydrogen-bond donors (Lipinski definition) is 3. The Labute approximate surface area is 97.2 Å². The number of amides is 2. The maximum atomic E-state index is 11.2. The molecule has 0 saturated carbocycles. The van der Waals surface area contributed by atoms with Gasteiger partial charge in [-0.1, -0.05) is 26.7 Å². The van der Waals surface area contributed by atoms with Gasteiger partial charge in [0.1, 0.15) is 0 Å². The molecule has 5 heteroatoms. The van der Waals surface area contributed by atoms with E-state index in [0.29, 0.717) is 12.5 Å². The molecule has 0 aromatic rings. The second-order valence-corrected chi connectivity index (χ2v) is 4.22. The molecule has 0 aromatic heterocycles. The van der Waals surface area contributed by atoms with Crippen LogP contribution in [0.1, 0.15) is 33.1 Å². The van der Waals surface area contributed by atoms with Gasteiger partial charge in [0.2, 0.25) is 11.8 Å². The fraction of sp³-hybridized carbons (Fsp3) is 0.818. The first kappa shape index (κ1) is 14.9. The van der Waals surface area contributed by atoms with E-state index in [1.54, 1.807) is 0 Å². The molecule has 94 valence electrons. The van der Waals surface area contributed by atoms with Gasteiger partial charge in [-0.3, -0.25) is 9.59 Å². The number of rotatable bonds is 8. The van der Waals surface area contributed by atoms with Crippen molar-refractivity contribution in [3.05, 3.63) is 0 Å². The maximum Gasteiger partial charge on any atom is 0.239 e. The molecule has 2 amide bonds. The largest absolute Gasteiger partial charge is 0.355 e. The minimum atomic E-state index is -0.310. The van der Waals surface area contributed by atoms with Gasteiger partial charge in [0.15, 0.2) is 0 Å². The van der Waals surface area contributed by atoms with Crippen molar-refractivity contribution in [2.45, 2.75) is 33.1 Å². The molecule has 0 spiro atoms. The third-order valence-electron chi connectivity index (χ3n) is 2.16. The summed E-state index contributed by atoms with van der Waals surface area (Å²) in [7, 11) is 0. The zero-order chi connectivity index (χ0) is 12.4. The molecule has 0 aromatic carbocycles. The highest BCUT2D eigenvalue weighted by Crippen LogP contribution is 2.04. The van der Waals surface area contributed by atoms with E-state index in [4.69, 9.17) is 5.73 Å². The number of hydrogen-bond acceptors (Lipinski definition) is 3. The fourth-order valence-electron chi connectivity index (χ4n) is 1.22. The Morgan fingerprint density at radius 2 is 1.81 bits per heavy atom. The van der Waals surface area contributed by atoms with Crippen LogP contribution in [0.5, 0.6) is 0 Å². The van der Waals surface area contributed by atoms with E-state index in [1.165, 1.54) is 6.42 Å². The molecule has 0 fully saturated rings. The summed E-state index contributed by atoms with van der Waals surface area (Å²) >= 11 is 0. The van der Waals surface area contributed by atoms with Gasteiger partial charge >= 0.3 is 0 Å². The van der Waals surface area contributed by atoms with Crippen molar-refractivity contribution >= 4 is 11.8 Å². The molecule has 4 N–H and O–H groups in total. The molecule has 0 bridgehead atoms. The van der Waals surface area contributed by atoms with E-state index >= 15 is 0 Å². The van der Waals surface area contributed by atoms with E-state index in [1.807, 2.05) is 0 Å². The van der Waals surface area contributed by atoms with Gasteiger partial charge in [-0.05, 0) is 12.3 Å². The van der Waals surface area contributed by atoms with Crippen molar-refractivity contribution in [2.24, 2.45) is 11.7 Å². The summed E-state index contributed by atoms with van der Waals surface area (Å²) in [6, 6.07) is 0. The summed E-state index contributed by atoms with van der Waals surface area (Å²) in [5.74, 6) is 0.237. The Morgan fingerprint density at radius 3 is 2.38 bits per heavy atom. The normalized spacial score (nSPS) is 10.2. The van der Waals surface area contributed by atoms with Crippen LogP contribution in [0.25, 0.3) is 0 Å². The standard InChI is InChI=1S/C11H23N3O2/c1-9(2)5-3-4-6-13-11(16)8-14-10(15)7-12/h9H,3-8,12H2,1-2H3,(H,13,16)(H,14,15). The Balaban J connectivity index is 3.34. The summed E-state index contributed by atoms with van der Waals surface area (Å²) in [4.78, 5) is 21.9. The third-order valence-corrected chi connectivity index (χ3v) is 2.16. The Bertz CT molecular complexity index is 217. The predicted molar refractivity (Wildman–Crippen MR) is 63.8 cm³/mol. The van der Waals surface area contributed by atoms with Gasteiger partial charge in [-0.15, -0.1) is 0 Å². The van der Waals surface area contributed by atoms with Crippen LogP contribution >= 0.6 is 0 Å². The highest BCUT2D eigenvalue weighted by atomic mass is 16.2. The number of carbonyl (C=O) groups is 2. The second-order valence-electron chi connectivity index (χ2n) is 4.22. The van der Waals surface area contributed by atoms with Gasteiger partial charge in [0.25, 0.3) is 0 Å². The SMILES string of the molecule is CC(C)CCCCNC(=O)CNC(=O)CN. The quantitative estimate of drug-likeness (QED) is 0.512. The molecule has 0 unspecified atom stereocenters. The zero-order valence-corrected chi connectivity index (χ0v) is 10.2. The number of unbranched alkanes of at least 4 members (excludes halogenated alkanes) is 1. The van der Waals surface area contributed by atoms with Crippen LogP contribution < -0.4 is 16.4 Å². The van der Waals surface area contributed by atoms with Crippen LogP contribution in [0.3, 0.4) is 0 Å². The Morgan fingerprint density at radius 1 is 1.12 bits per heavy atom. The lowest BCUT2D eigenvalue weighted by Crippen LogP contribution is -2.39. The highest BCUT2D eigenvalue weighted by molar-refractivity contribution is 5.85. The molecule has 0 heterocycles. The van der Waals surface area contributed by atoms with Crippen LogP contribution in [0.4, 0.5) is 0 Å². The molecule has 0 saturated heterocycles. The molecule has 0 aliphatic rings. The van der Waals surface area contributed by atoms with Crippen molar-refractivity contribution < 1.29 is 9.59 Å². The first-order valence-corrected chi connectivity index (χ1v) is 5.79.